The Hall–Kier alpha value is -2.42. The van der Waals surface area contributed by atoms with Crippen molar-refractivity contribution in [1.82, 2.24) is 10.6 Å². The second kappa shape index (κ2) is 8.11. The van der Waals surface area contributed by atoms with Gasteiger partial charge in [0.25, 0.3) is 0 Å². The molecule has 0 radical (unpaired) electrons. The first kappa shape index (κ1) is 17.4. The summed E-state index contributed by atoms with van der Waals surface area (Å²) in [6, 6.07) is 9.07. The largest absolute Gasteiger partial charge is 0.458 e. The Morgan fingerprint density at radius 3 is 2.68 bits per heavy atom. The number of hydrogen-bond acceptors (Lipinski definition) is 6. The number of aliphatic hydroxyl groups is 1. The van der Waals surface area contributed by atoms with Crippen molar-refractivity contribution in [2.45, 2.75) is 12.6 Å². The quantitative estimate of drug-likeness (QED) is 0.577. The number of nitrogens with one attached hydrogen (secondary N) is 2. The summed E-state index contributed by atoms with van der Waals surface area (Å²) in [4.78, 5) is 24.5. The van der Waals surface area contributed by atoms with Crippen LogP contribution in [0.25, 0.3) is 11.3 Å². The Bertz CT molecular complexity index is 825. The number of furan rings is 1. The Balaban J connectivity index is 1.47. The van der Waals surface area contributed by atoms with Gasteiger partial charge in [0, 0.05) is 15.8 Å². The van der Waals surface area contributed by atoms with Crippen LogP contribution in [0.3, 0.4) is 0 Å². The predicted molar refractivity (Wildman–Crippen MR) is 96.2 cm³/mol. The molecule has 0 bridgehead atoms. The van der Waals surface area contributed by atoms with E-state index in [0.717, 1.165) is 10.4 Å². The zero-order valence-electron chi connectivity index (χ0n) is 13.1. The lowest BCUT2D eigenvalue weighted by molar-refractivity contribution is -0.139. The molecule has 0 aromatic carbocycles. The van der Waals surface area contributed by atoms with Gasteiger partial charge in [-0.05, 0) is 35.0 Å². The number of carbonyl (C=O) groups is 2. The van der Waals surface area contributed by atoms with Gasteiger partial charge in [-0.1, -0.05) is 6.07 Å². The van der Waals surface area contributed by atoms with Crippen LogP contribution in [-0.4, -0.2) is 23.5 Å². The third-order valence-electron chi connectivity index (χ3n) is 3.43. The minimum Gasteiger partial charge on any atom is -0.458 e. The van der Waals surface area contributed by atoms with Crippen molar-refractivity contribution in [2.75, 3.05) is 6.54 Å². The summed E-state index contributed by atoms with van der Waals surface area (Å²) < 4.78 is 5.59. The first-order valence-electron chi connectivity index (χ1n) is 7.52. The fourth-order valence-corrected chi connectivity index (χ4v) is 3.41. The molecule has 2 amide bonds. The first-order valence-corrected chi connectivity index (χ1v) is 9.34. The van der Waals surface area contributed by atoms with Crippen LogP contribution in [0, 0.1) is 0 Å². The molecule has 3 aromatic rings. The third kappa shape index (κ3) is 4.56. The van der Waals surface area contributed by atoms with Crippen LogP contribution < -0.4 is 10.6 Å². The summed E-state index contributed by atoms with van der Waals surface area (Å²) in [5.74, 6) is -0.546. The lowest BCUT2D eigenvalue weighted by atomic mass is 10.2. The molecule has 1 atom stereocenters. The molecule has 0 aliphatic rings. The molecule has 3 heterocycles. The summed E-state index contributed by atoms with van der Waals surface area (Å²) in [6.45, 7) is 0.191. The minimum atomic E-state index is -1.03. The summed E-state index contributed by atoms with van der Waals surface area (Å²) in [6.07, 6.45) is -1.03. The highest BCUT2D eigenvalue weighted by atomic mass is 32.1. The third-order valence-corrected chi connectivity index (χ3v) is 4.99. The van der Waals surface area contributed by atoms with E-state index >= 15 is 0 Å². The van der Waals surface area contributed by atoms with Gasteiger partial charge in [-0.15, -0.1) is 11.3 Å². The molecule has 130 valence electrons. The molecule has 0 aliphatic carbocycles. The van der Waals surface area contributed by atoms with E-state index in [0.29, 0.717) is 18.1 Å². The predicted octanol–water partition coefficient (Wildman–Crippen LogP) is 2.54. The summed E-state index contributed by atoms with van der Waals surface area (Å²) in [5.41, 5.74) is 0.931. The molecule has 0 saturated heterocycles. The first-order chi connectivity index (χ1) is 12.1. The number of amides is 2. The van der Waals surface area contributed by atoms with Crippen LogP contribution in [-0.2, 0) is 16.1 Å². The van der Waals surface area contributed by atoms with Crippen molar-refractivity contribution in [3.8, 4) is 11.3 Å². The zero-order chi connectivity index (χ0) is 17.6. The molecule has 3 aromatic heterocycles. The van der Waals surface area contributed by atoms with Crippen molar-refractivity contribution < 1.29 is 19.1 Å². The van der Waals surface area contributed by atoms with Crippen LogP contribution in [0.2, 0.25) is 0 Å². The lowest BCUT2D eigenvalue weighted by Crippen LogP contribution is -2.41. The maximum absolute atomic E-state index is 11.8. The van der Waals surface area contributed by atoms with E-state index in [2.05, 4.69) is 10.6 Å². The van der Waals surface area contributed by atoms with E-state index in [1.807, 2.05) is 34.3 Å². The molecule has 0 fully saturated rings. The zero-order valence-corrected chi connectivity index (χ0v) is 14.7. The number of rotatable bonds is 6. The lowest BCUT2D eigenvalue weighted by Gasteiger charge is -2.09. The summed E-state index contributed by atoms with van der Waals surface area (Å²) >= 11 is 3.04. The van der Waals surface area contributed by atoms with E-state index in [9.17, 15) is 14.7 Å². The maximum atomic E-state index is 11.8. The second-order valence-corrected chi connectivity index (χ2v) is 7.01. The standard InChI is InChI=1S/C17H16N2O4S2/c20-13(15-4-3-14(23-15)11-5-7-24-10-11)9-19-17(22)16(21)18-8-12-2-1-6-25-12/h1-7,10,13,20H,8-9H2,(H,18,21)(H,19,22)/t13-/m1/s1. The van der Waals surface area contributed by atoms with E-state index < -0.39 is 17.9 Å². The molecule has 0 saturated carbocycles. The monoisotopic (exact) mass is 376 g/mol. The highest BCUT2D eigenvalue weighted by molar-refractivity contribution is 7.09. The topological polar surface area (TPSA) is 91.6 Å². The van der Waals surface area contributed by atoms with Gasteiger partial charge in [0.05, 0.1) is 13.1 Å². The van der Waals surface area contributed by atoms with Gasteiger partial charge in [-0.25, -0.2) is 0 Å². The highest BCUT2D eigenvalue weighted by Crippen LogP contribution is 2.26. The SMILES string of the molecule is O=C(NCc1cccs1)C(=O)NC[C@@H](O)c1ccc(-c2ccsc2)o1. The Morgan fingerprint density at radius 2 is 1.96 bits per heavy atom. The normalized spacial score (nSPS) is 11.9. The number of aliphatic hydroxyl groups excluding tert-OH is 1. The average Bonchev–Trinajstić information content (AvgIpc) is 3.37. The number of hydrogen-bond donors (Lipinski definition) is 3. The van der Waals surface area contributed by atoms with Crippen LogP contribution in [0.1, 0.15) is 16.7 Å². The van der Waals surface area contributed by atoms with Gasteiger partial charge < -0.3 is 20.2 Å². The smallest absolute Gasteiger partial charge is 0.309 e. The minimum absolute atomic E-state index is 0.109. The van der Waals surface area contributed by atoms with Gasteiger partial charge in [-0.2, -0.15) is 11.3 Å². The fourth-order valence-electron chi connectivity index (χ4n) is 2.12. The molecule has 0 unspecified atom stereocenters. The van der Waals surface area contributed by atoms with E-state index in [4.69, 9.17) is 4.42 Å². The van der Waals surface area contributed by atoms with Crippen LogP contribution in [0.15, 0.2) is 50.9 Å². The van der Waals surface area contributed by atoms with Gasteiger partial charge >= 0.3 is 11.8 Å². The summed E-state index contributed by atoms with van der Waals surface area (Å²) in [7, 11) is 0. The van der Waals surface area contributed by atoms with Crippen molar-refractivity contribution >= 4 is 34.5 Å². The fraction of sp³-hybridized carbons (Fsp3) is 0.176. The van der Waals surface area contributed by atoms with E-state index in [-0.39, 0.29) is 6.54 Å². The Labute approximate surface area is 152 Å². The molecule has 8 heteroatoms. The van der Waals surface area contributed by atoms with Gasteiger partial charge in [0.15, 0.2) is 0 Å². The second-order valence-electron chi connectivity index (χ2n) is 5.20. The van der Waals surface area contributed by atoms with Crippen molar-refractivity contribution in [3.05, 3.63) is 57.1 Å². The van der Waals surface area contributed by atoms with Crippen molar-refractivity contribution in [3.63, 3.8) is 0 Å². The Morgan fingerprint density at radius 1 is 1.12 bits per heavy atom. The van der Waals surface area contributed by atoms with Crippen LogP contribution in [0.5, 0.6) is 0 Å². The average molecular weight is 376 g/mol. The van der Waals surface area contributed by atoms with Gasteiger partial charge in [0.1, 0.15) is 17.6 Å². The van der Waals surface area contributed by atoms with Crippen LogP contribution in [0.4, 0.5) is 0 Å². The highest BCUT2D eigenvalue weighted by Gasteiger charge is 2.18. The van der Waals surface area contributed by atoms with Crippen molar-refractivity contribution in [1.29, 1.82) is 0 Å². The molecule has 6 nitrogen and oxygen atoms in total. The van der Waals surface area contributed by atoms with Crippen LogP contribution >= 0.6 is 22.7 Å². The molecule has 3 rings (SSSR count). The van der Waals surface area contributed by atoms with E-state index in [1.54, 1.807) is 23.5 Å². The van der Waals surface area contributed by atoms with Gasteiger partial charge in [0.2, 0.25) is 0 Å². The molecular weight excluding hydrogens is 360 g/mol. The molecule has 0 aliphatic heterocycles. The van der Waals surface area contributed by atoms with Gasteiger partial charge in [-0.3, -0.25) is 9.59 Å². The Kier molecular flexibility index (Phi) is 5.64. The van der Waals surface area contributed by atoms with Crippen molar-refractivity contribution in [2.24, 2.45) is 0 Å². The molecular formula is C17H16N2O4S2. The number of carbonyl (C=O) groups excluding carboxylic acids is 2. The molecule has 25 heavy (non-hydrogen) atoms. The summed E-state index contributed by atoms with van der Waals surface area (Å²) in [5, 5.41) is 20.8. The molecule has 3 N–H and O–H groups in total. The maximum Gasteiger partial charge on any atom is 0.309 e. The number of thiophene rings is 2. The molecule has 0 spiro atoms. The van der Waals surface area contributed by atoms with E-state index in [1.165, 1.54) is 11.3 Å².